The summed E-state index contributed by atoms with van der Waals surface area (Å²) in [6, 6.07) is 10.6. The van der Waals surface area contributed by atoms with E-state index in [-0.39, 0.29) is 6.04 Å². The van der Waals surface area contributed by atoms with Gasteiger partial charge in [-0.3, -0.25) is 9.69 Å². The predicted octanol–water partition coefficient (Wildman–Crippen LogP) is 1.98. The summed E-state index contributed by atoms with van der Waals surface area (Å²) in [4.78, 5) is 14.3. The molecule has 5 nitrogen and oxygen atoms in total. The van der Waals surface area contributed by atoms with E-state index in [9.17, 15) is 13.2 Å². The quantitative estimate of drug-likeness (QED) is 0.815. The molecule has 6 heteroatoms. The summed E-state index contributed by atoms with van der Waals surface area (Å²) in [5, 5.41) is 2.30. The first-order valence-electron chi connectivity index (χ1n) is 8.65. The van der Waals surface area contributed by atoms with Crippen LogP contribution in [-0.2, 0) is 21.2 Å². The highest BCUT2D eigenvalue weighted by Gasteiger charge is 2.25. The van der Waals surface area contributed by atoms with Gasteiger partial charge >= 0.3 is 0 Å². The van der Waals surface area contributed by atoms with Gasteiger partial charge < -0.3 is 5.32 Å². The molecule has 0 spiro atoms. The van der Waals surface area contributed by atoms with Crippen LogP contribution in [0.2, 0.25) is 0 Å². The van der Waals surface area contributed by atoms with Gasteiger partial charge in [-0.2, -0.15) is 0 Å². The number of hydrogen-bond acceptors (Lipinski definition) is 4. The van der Waals surface area contributed by atoms with Crippen LogP contribution in [-0.4, -0.2) is 49.4 Å². The first-order chi connectivity index (χ1) is 11.4. The minimum absolute atomic E-state index is 0.268. The molecule has 1 aromatic rings. The van der Waals surface area contributed by atoms with Crippen molar-refractivity contribution in [1.82, 2.24) is 10.2 Å². The van der Waals surface area contributed by atoms with Gasteiger partial charge in [0, 0.05) is 19.1 Å². The van der Waals surface area contributed by atoms with Crippen molar-refractivity contribution in [3.05, 3.63) is 35.9 Å². The van der Waals surface area contributed by atoms with Crippen LogP contribution in [0.4, 0.5) is 0 Å². The maximum absolute atomic E-state index is 12.0. The van der Waals surface area contributed by atoms with Gasteiger partial charge in [-0.1, -0.05) is 36.8 Å². The molecule has 1 atom stereocenters. The van der Waals surface area contributed by atoms with Gasteiger partial charge in [-0.25, -0.2) is 8.42 Å². The lowest BCUT2D eigenvalue weighted by Gasteiger charge is -2.36. The molecule has 1 aliphatic rings. The molecule has 24 heavy (non-hydrogen) atoms. The molecule has 134 valence electrons. The van der Waals surface area contributed by atoms with Crippen LogP contribution in [0.25, 0.3) is 0 Å². The lowest BCUT2D eigenvalue weighted by atomic mass is 10.0. The molecule has 0 bridgehead atoms. The van der Waals surface area contributed by atoms with Crippen LogP contribution in [0.15, 0.2) is 30.3 Å². The van der Waals surface area contributed by atoms with E-state index in [0.29, 0.717) is 6.54 Å². The second kappa shape index (κ2) is 8.62. The number of nitrogens with zero attached hydrogens (tertiary/aromatic N) is 1. The molecule has 0 radical (unpaired) electrons. The number of nitrogens with one attached hydrogen (secondary N) is 1. The molecule has 1 fully saturated rings. The van der Waals surface area contributed by atoms with Crippen molar-refractivity contribution >= 4 is 15.7 Å². The monoisotopic (exact) mass is 352 g/mol. The molecule has 1 saturated heterocycles. The Labute approximate surface area is 145 Å². The fraction of sp³-hybridized carbons (Fsp3) is 0.611. The third-order valence-electron chi connectivity index (χ3n) is 4.56. The largest absolute Gasteiger partial charge is 0.354 e. The smallest absolute Gasteiger partial charge is 0.235 e. The highest BCUT2D eigenvalue weighted by Crippen LogP contribution is 2.19. The summed E-state index contributed by atoms with van der Waals surface area (Å²) < 4.78 is 23.7. The number of piperidine rings is 1. The summed E-state index contributed by atoms with van der Waals surface area (Å²) in [6.45, 7) is 5.60. The normalized spacial score (nSPS) is 19.4. The Kier molecular flexibility index (Phi) is 6.80. The van der Waals surface area contributed by atoms with Crippen molar-refractivity contribution in [2.24, 2.45) is 0 Å². The van der Waals surface area contributed by atoms with Crippen LogP contribution in [0.3, 0.4) is 0 Å². The molecule has 2 rings (SSSR count). The predicted molar refractivity (Wildman–Crippen MR) is 96.4 cm³/mol. The molecule has 0 saturated carbocycles. The number of sulfone groups is 1. The van der Waals surface area contributed by atoms with Crippen molar-refractivity contribution in [2.45, 2.75) is 50.9 Å². The Morgan fingerprint density at radius 2 is 1.96 bits per heavy atom. The Morgan fingerprint density at radius 1 is 1.25 bits per heavy atom. The van der Waals surface area contributed by atoms with Crippen molar-refractivity contribution < 1.29 is 13.2 Å². The van der Waals surface area contributed by atoms with Gasteiger partial charge in [0.15, 0.2) is 9.84 Å². The highest BCUT2D eigenvalue weighted by atomic mass is 32.2. The van der Waals surface area contributed by atoms with Crippen molar-refractivity contribution in [1.29, 1.82) is 0 Å². The second-order valence-electron chi connectivity index (χ2n) is 6.77. The molecular weight excluding hydrogens is 324 g/mol. The molecular formula is C18H28N2O3S. The molecule has 1 amide bonds. The number of carbonyl (C=O) groups excluding carboxylic acids is 1. The number of hydrogen-bond donors (Lipinski definition) is 1. The number of benzene rings is 1. The number of likely N-dealkylation sites (tertiary alicyclic amines) is 1. The standard InChI is InChI=1S/C18H28N2O3S/c1-15(2)24(22,23)14-18(21)19-12-17-10-6-7-11-20(17)13-16-8-4-3-5-9-16/h3-5,8-9,15,17H,6-7,10-14H2,1-2H3,(H,19,21). The molecule has 1 aliphatic heterocycles. The first-order valence-corrected chi connectivity index (χ1v) is 10.4. The summed E-state index contributed by atoms with van der Waals surface area (Å²) in [7, 11) is -3.34. The topological polar surface area (TPSA) is 66.5 Å². The van der Waals surface area contributed by atoms with E-state index >= 15 is 0 Å². The van der Waals surface area contributed by atoms with Crippen LogP contribution >= 0.6 is 0 Å². The molecule has 0 aliphatic carbocycles. The third-order valence-corrected chi connectivity index (χ3v) is 6.66. The highest BCUT2D eigenvalue weighted by molar-refractivity contribution is 7.92. The second-order valence-corrected chi connectivity index (χ2v) is 9.32. The van der Waals surface area contributed by atoms with Gasteiger partial charge in [0.05, 0.1) is 5.25 Å². The van der Waals surface area contributed by atoms with E-state index in [2.05, 4.69) is 22.3 Å². The maximum atomic E-state index is 12.0. The summed E-state index contributed by atoms with van der Waals surface area (Å²) in [6.07, 6.45) is 3.35. The van der Waals surface area contributed by atoms with Gasteiger partial charge in [0.2, 0.25) is 5.91 Å². The maximum Gasteiger partial charge on any atom is 0.235 e. The molecule has 0 aromatic heterocycles. The Hall–Kier alpha value is -1.40. The zero-order chi connectivity index (χ0) is 17.6. The number of amides is 1. The van der Waals surface area contributed by atoms with Gasteiger partial charge in [0.25, 0.3) is 0 Å². The van der Waals surface area contributed by atoms with Crippen LogP contribution in [0, 0.1) is 0 Å². The molecule has 1 heterocycles. The zero-order valence-electron chi connectivity index (χ0n) is 14.6. The van der Waals surface area contributed by atoms with Crippen LogP contribution < -0.4 is 5.32 Å². The van der Waals surface area contributed by atoms with E-state index < -0.39 is 26.7 Å². The Morgan fingerprint density at radius 3 is 2.62 bits per heavy atom. The van der Waals surface area contributed by atoms with E-state index in [1.807, 2.05) is 18.2 Å². The van der Waals surface area contributed by atoms with E-state index in [4.69, 9.17) is 0 Å². The lowest BCUT2D eigenvalue weighted by Crippen LogP contribution is -2.47. The third kappa shape index (κ3) is 5.60. The average Bonchev–Trinajstić information content (AvgIpc) is 2.54. The fourth-order valence-corrected chi connectivity index (χ4v) is 3.75. The van der Waals surface area contributed by atoms with Gasteiger partial charge in [0.1, 0.15) is 5.75 Å². The van der Waals surface area contributed by atoms with E-state index in [1.165, 1.54) is 12.0 Å². The summed E-state index contributed by atoms with van der Waals surface area (Å²) in [5.74, 6) is -0.815. The minimum Gasteiger partial charge on any atom is -0.354 e. The molecule has 1 aromatic carbocycles. The van der Waals surface area contributed by atoms with E-state index in [0.717, 1.165) is 25.9 Å². The summed E-state index contributed by atoms with van der Waals surface area (Å²) >= 11 is 0. The van der Waals surface area contributed by atoms with Crippen molar-refractivity contribution in [3.8, 4) is 0 Å². The lowest BCUT2D eigenvalue weighted by molar-refractivity contribution is -0.119. The average molecular weight is 353 g/mol. The van der Waals surface area contributed by atoms with Crippen molar-refractivity contribution in [2.75, 3.05) is 18.8 Å². The molecule has 1 N–H and O–H groups in total. The number of carbonyl (C=O) groups is 1. The van der Waals surface area contributed by atoms with Gasteiger partial charge in [-0.05, 0) is 38.8 Å². The summed E-state index contributed by atoms with van der Waals surface area (Å²) in [5.41, 5.74) is 1.26. The SMILES string of the molecule is CC(C)S(=O)(=O)CC(=O)NCC1CCCCN1Cc1ccccc1. The minimum atomic E-state index is -3.34. The zero-order valence-corrected chi connectivity index (χ0v) is 15.4. The van der Waals surface area contributed by atoms with Crippen molar-refractivity contribution in [3.63, 3.8) is 0 Å². The Balaban J connectivity index is 1.88. The van der Waals surface area contributed by atoms with Crippen LogP contribution in [0.5, 0.6) is 0 Å². The fourth-order valence-electron chi connectivity index (χ4n) is 2.95. The first kappa shape index (κ1) is 18.9. The van der Waals surface area contributed by atoms with E-state index in [1.54, 1.807) is 13.8 Å². The number of rotatable bonds is 7. The molecule has 1 unspecified atom stereocenters. The Bertz CT molecular complexity index is 629. The van der Waals surface area contributed by atoms with Crippen LogP contribution in [0.1, 0.15) is 38.7 Å². The van der Waals surface area contributed by atoms with Gasteiger partial charge in [-0.15, -0.1) is 0 Å².